The van der Waals surface area contributed by atoms with Crippen molar-refractivity contribution in [2.45, 2.75) is 26.9 Å². The zero-order valence-corrected chi connectivity index (χ0v) is 22.6. The van der Waals surface area contributed by atoms with Gasteiger partial charge in [-0.15, -0.1) is 10.2 Å². The number of anilines is 1. The summed E-state index contributed by atoms with van der Waals surface area (Å²) in [5, 5.41) is 8.49. The van der Waals surface area contributed by atoms with Crippen LogP contribution >= 0.6 is 0 Å². The van der Waals surface area contributed by atoms with Gasteiger partial charge in [0.2, 0.25) is 16.0 Å². The predicted molar refractivity (Wildman–Crippen MR) is 141 cm³/mol. The molecule has 1 N–H and O–H groups in total. The van der Waals surface area contributed by atoms with Gasteiger partial charge in [-0.3, -0.25) is 14.3 Å². The molecule has 0 bridgehead atoms. The van der Waals surface area contributed by atoms with Crippen molar-refractivity contribution in [3.05, 3.63) is 66.0 Å². The van der Waals surface area contributed by atoms with E-state index in [-0.39, 0.29) is 18.4 Å². The van der Waals surface area contributed by atoms with Crippen LogP contribution in [0.3, 0.4) is 0 Å². The summed E-state index contributed by atoms with van der Waals surface area (Å²) >= 11 is 0. The van der Waals surface area contributed by atoms with E-state index < -0.39 is 21.9 Å². The standard InChI is InChI=1S/C25H29N7O5S/c1-6-37-21(23-27-12-17(3)13-28-23)15-38(33,34)31-25-30-29-24(18-10-16(2)11-26-14-18)32(25)22-19(35-4)8-7-9-20(22)36-5/h7-14,21H,6,15H2,1-5H3,(H,30,31)/t21-/m1/s1. The molecule has 12 nitrogen and oxygen atoms in total. The molecule has 4 rings (SSSR count). The first-order chi connectivity index (χ1) is 18.3. The number of methoxy groups -OCH3 is 2. The van der Waals surface area contributed by atoms with Gasteiger partial charge in [0.1, 0.15) is 29.0 Å². The summed E-state index contributed by atoms with van der Waals surface area (Å²) in [7, 11) is -1.02. The molecule has 38 heavy (non-hydrogen) atoms. The van der Waals surface area contributed by atoms with Crippen molar-refractivity contribution in [2.75, 3.05) is 31.3 Å². The van der Waals surface area contributed by atoms with E-state index in [2.05, 4.69) is 29.9 Å². The van der Waals surface area contributed by atoms with Crippen LogP contribution in [0.5, 0.6) is 11.5 Å². The minimum atomic E-state index is -4.04. The van der Waals surface area contributed by atoms with Crippen LogP contribution in [0.1, 0.15) is 30.0 Å². The van der Waals surface area contributed by atoms with E-state index in [1.807, 2.05) is 19.9 Å². The summed E-state index contributed by atoms with van der Waals surface area (Å²) in [6.45, 7) is 5.79. The van der Waals surface area contributed by atoms with Gasteiger partial charge in [0, 0.05) is 37.0 Å². The number of hydrogen-bond acceptors (Lipinski definition) is 10. The first kappa shape index (κ1) is 26.9. The largest absolute Gasteiger partial charge is 0.494 e. The monoisotopic (exact) mass is 539 g/mol. The molecular weight excluding hydrogens is 510 g/mol. The topological polar surface area (TPSA) is 143 Å². The molecule has 0 radical (unpaired) electrons. The lowest BCUT2D eigenvalue weighted by molar-refractivity contribution is 0.0722. The number of rotatable bonds is 11. The number of para-hydroxylation sites is 1. The molecule has 0 aliphatic carbocycles. The molecule has 0 amide bonds. The number of aromatic nitrogens is 6. The third kappa shape index (κ3) is 5.89. The zero-order valence-electron chi connectivity index (χ0n) is 21.7. The Morgan fingerprint density at radius 2 is 1.66 bits per heavy atom. The number of nitrogens with one attached hydrogen (secondary N) is 1. The van der Waals surface area contributed by atoms with Crippen molar-refractivity contribution in [1.82, 2.24) is 29.7 Å². The molecule has 0 spiro atoms. The Kier molecular flexibility index (Phi) is 8.17. The summed E-state index contributed by atoms with van der Waals surface area (Å²) in [6, 6.07) is 7.09. The average Bonchev–Trinajstić information content (AvgIpc) is 3.30. The van der Waals surface area contributed by atoms with Gasteiger partial charge in [-0.25, -0.2) is 18.4 Å². The number of nitrogens with zero attached hydrogens (tertiary/aromatic N) is 6. The van der Waals surface area contributed by atoms with E-state index in [0.717, 1.165) is 11.1 Å². The van der Waals surface area contributed by atoms with E-state index in [1.165, 1.54) is 18.8 Å². The molecule has 0 saturated carbocycles. The minimum Gasteiger partial charge on any atom is -0.494 e. The van der Waals surface area contributed by atoms with Gasteiger partial charge in [0.15, 0.2) is 11.6 Å². The predicted octanol–water partition coefficient (Wildman–Crippen LogP) is 3.27. The van der Waals surface area contributed by atoms with Crippen molar-refractivity contribution in [3.63, 3.8) is 0 Å². The van der Waals surface area contributed by atoms with Crippen molar-refractivity contribution >= 4 is 16.0 Å². The summed E-state index contributed by atoms with van der Waals surface area (Å²) < 4.78 is 47.8. The van der Waals surface area contributed by atoms with Crippen LogP contribution in [0.15, 0.2) is 49.1 Å². The molecule has 200 valence electrons. The fourth-order valence-corrected chi connectivity index (χ4v) is 4.96. The zero-order chi connectivity index (χ0) is 27.3. The van der Waals surface area contributed by atoms with Gasteiger partial charge < -0.3 is 14.2 Å². The fourth-order valence-electron chi connectivity index (χ4n) is 3.83. The van der Waals surface area contributed by atoms with Crippen LogP contribution in [-0.4, -0.2) is 64.7 Å². The second kappa shape index (κ2) is 11.5. The quantitative estimate of drug-likeness (QED) is 0.302. The highest BCUT2D eigenvalue weighted by molar-refractivity contribution is 7.92. The molecule has 0 aliphatic rings. The van der Waals surface area contributed by atoms with Gasteiger partial charge in [0.05, 0.1) is 14.2 Å². The van der Waals surface area contributed by atoms with Crippen molar-refractivity contribution in [1.29, 1.82) is 0 Å². The minimum absolute atomic E-state index is 0.0654. The highest BCUT2D eigenvalue weighted by Gasteiger charge is 2.28. The fraction of sp³-hybridized carbons (Fsp3) is 0.320. The highest BCUT2D eigenvalue weighted by Crippen LogP contribution is 2.37. The Bertz CT molecular complexity index is 1480. The van der Waals surface area contributed by atoms with Crippen LogP contribution in [-0.2, 0) is 14.8 Å². The van der Waals surface area contributed by atoms with Gasteiger partial charge in [-0.05, 0) is 50.1 Å². The summed E-state index contributed by atoms with van der Waals surface area (Å²) in [6.07, 6.45) is 5.66. The lowest BCUT2D eigenvalue weighted by Gasteiger charge is -2.19. The van der Waals surface area contributed by atoms with Crippen LogP contribution in [0, 0.1) is 13.8 Å². The Balaban J connectivity index is 1.80. The van der Waals surface area contributed by atoms with Crippen molar-refractivity contribution in [3.8, 4) is 28.6 Å². The van der Waals surface area contributed by atoms with Crippen LogP contribution in [0.4, 0.5) is 5.95 Å². The highest BCUT2D eigenvalue weighted by atomic mass is 32.2. The molecule has 3 aromatic heterocycles. The molecule has 3 heterocycles. The number of pyridine rings is 1. The Hall–Kier alpha value is -4.10. The normalized spacial score (nSPS) is 12.2. The van der Waals surface area contributed by atoms with E-state index >= 15 is 0 Å². The van der Waals surface area contributed by atoms with Gasteiger partial charge in [-0.2, -0.15) is 0 Å². The van der Waals surface area contributed by atoms with Crippen LogP contribution in [0.25, 0.3) is 17.1 Å². The molecule has 1 aromatic carbocycles. The van der Waals surface area contributed by atoms with Crippen LogP contribution in [0.2, 0.25) is 0 Å². The molecule has 0 fully saturated rings. The third-order valence-electron chi connectivity index (χ3n) is 5.50. The van der Waals surface area contributed by atoms with Gasteiger partial charge in [-0.1, -0.05) is 6.07 Å². The summed E-state index contributed by atoms with van der Waals surface area (Å²) in [5.74, 6) is 0.941. The van der Waals surface area contributed by atoms with E-state index in [4.69, 9.17) is 14.2 Å². The number of benzene rings is 1. The first-order valence-electron chi connectivity index (χ1n) is 11.8. The molecule has 4 aromatic rings. The Morgan fingerprint density at radius 3 is 2.26 bits per heavy atom. The molecule has 0 unspecified atom stereocenters. The van der Waals surface area contributed by atoms with Crippen LogP contribution < -0.4 is 14.2 Å². The number of aryl methyl sites for hydroxylation is 2. The molecular formula is C25H29N7O5S. The maximum atomic E-state index is 13.4. The Morgan fingerprint density at radius 1 is 0.974 bits per heavy atom. The Labute approximate surface area is 221 Å². The summed E-state index contributed by atoms with van der Waals surface area (Å²) in [5.41, 5.74) is 2.78. The van der Waals surface area contributed by atoms with Gasteiger partial charge in [0.25, 0.3) is 0 Å². The third-order valence-corrected chi connectivity index (χ3v) is 6.73. The average molecular weight is 540 g/mol. The lowest BCUT2D eigenvalue weighted by Crippen LogP contribution is -2.26. The number of sulfonamides is 1. The smallest absolute Gasteiger partial charge is 0.243 e. The molecule has 13 heteroatoms. The second-order valence-electron chi connectivity index (χ2n) is 8.39. The second-order valence-corrected chi connectivity index (χ2v) is 10.2. The SMILES string of the molecule is CCO[C@H](CS(=O)(=O)Nc1nnc(-c2cncc(C)c2)n1-c1c(OC)cccc1OC)c1ncc(C)cn1. The maximum absolute atomic E-state index is 13.4. The number of hydrogen-bond donors (Lipinski definition) is 1. The number of ether oxygens (including phenoxy) is 3. The van der Waals surface area contributed by atoms with Gasteiger partial charge >= 0.3 is 0 Å². The van der Waals surface area contributed by atoms with Crippen molar-refractivity contribution < 1.29 is 22.6 Å². The van der Waals surface area contributed by atoms with E-state index in [9.17, 15) is 8.42 Å². The van der Waals surface area contributed by atoms with Crippen molar-refractivity contribution in [2.24, 2.45) is 0 Å². The molecule has 1 atom stereocenters. The lowest BCUT2D eigenvalue weighted by atomic mass is 10.2. The molecule has 0 saturated heterocycles. The first-order valence-corrected chi connectivity index (χ1v) is 13.4. The molecule has 0 aliphatic heterocycles. The van der Waals surface area contributed by atoms with E-state index in [1.54, 1.807) is 49.9 Å². The summed E-state index contributed by atoms with van der Waals surface area (Å²) in [4.78, 5) is 12.8. The maximum Gasteiger partial charge on any atom is 0.243 e. The van der Waals surface area contributed by atoms with E-state index in [0.29, 0.717) is 28.6 Å².